The van der Waals surface area contributed by atoms with Crippen molar-refractivity contribution in [3.8, 4) is 5.75 Å². The van der Waals surface area contributed by atoms with E-state index in [1.165, 1.54) is 6.07 Å². The second kappa shape index (κ2) is 10.6. The van der Waals surface area contributed by atoms with E-state index in [1.54, 1.807) is 36.5 Å². The van der Waals surface area contributed by atoms with Crippen molar-refractivity contribution >= 4 is 26.8 Å². The summed E-state index contributed by atoms with van der Waals surface area (Å²) >= 11 is 0. The third-order valence-electron chi connectivity index (χ3n) is 5.25. The Balaban J connectivity index is 1.39. The van der Waals surface area contributed by atoms with Crippen LogP contribution >= 0.6 is 0 Å². The van der Waals surface area contributed by atoms with Crippen molar-refractivity contribution in [2.75, 3.05) is 13.1 Å². The Labute approximate surface area is 188 Å². The fraction of sp³-hybridized carbons (Fsp3) is 0.333. The van der Waals surface area contributed by atoms with Gasteiger partial charge in [-0.3, -0.25) is 9.78 Å². The number of pyridine rings is 1. The molecule has 32 heavy (non-hydrogen) atoms. The van der Waals surface area contributed by atoms with Crippen molar-refractivity contribution in [1.29, 1.82) is 0 Å². The molecule has 3 N–H and O–H groups in total. The number of fused-ring (bicyclic) bond motifs is 1. The van der Waals surface area contributed by atoms with Crippen LogP contribution in [0.5, 0.6) is 5.75 Å². The largest absolute Gasteiger partial charge is 0.507 e. The minimum Gasteiger partial charge on any atom is -0.507 e. The smallest absolute Gasteiger partial charge is 0.251 e. The number of aromatic hydroxyl groups is 1. The van der Waals surface area contributed by atoms with E-state index in [1.807, 2.05) is 12.1 Å². The van der Waals surface area contributed by atoms with Gasteiger partial charge in [0.2, 0.25) is 10.0 Å². The molecule has 0 aliphatic heterocycles. The molecule has 0 aliphatic carbocycles. The molecule has 0 spiro atoms. The highest BCUT2D eigenvalue weighted by Gasteiger charge is 2.14. The third kappa shape index (κ3) is 6.05. The Kier molecular flexibility index (Phi) is 7.82. The van der Waals surface area contributed by atoms with Gasteiger partial charge in [0.1, 0.15) is 5.75 Å². The molecule has 8 heteroatoms. The molecular formula is C24H29N3O4S. The van der Waals surface area contributed by atoms with Crippen LogP contribution in [-0.2, 0) is 10.0 Å². The monoisotopic (exact) mass is 455 g/mol. The standard InChI is InChI=1S/C24H29N3O4S/c1-17(2)18-8-10-20(11-9-18)32(30,31)27-14-5-3-4-12-26-24(29)19-15-22-21(23(28)16-19)7-6-13-25-22/h6-11,13,15-17,27-28H,3-5,12,14H2,1-2H3,(H,26,29). The number of phenolic OH excluding ortho intramolecular Hbond substituents is 1. The van der Waals surface area contributed by atoms with Crippen LogP contribution in [0, 0.1) is 0 Å². The van der Waals surface area contributed by atoms with E-state index >= 15 is 0 Å². The summed E-state index contributed by atoms with van der Waals surface area (Å²) in [6.45, 7) is 4.93. The Morgan fingerprint density at radius 2 is 1.75 bits per heavy atom. The molecule has 2 aromatic carbocycles. The summed E-state index contributed by atoms with van der Waals surface area (Å²) in [6, 6.07) is 13.5. The fourth-order valence-electron chi connectivity index (χ4n) is 3.35. The number of amides is 1. The van der Waals surface area contributed by atoms with E-state index in [2.05, 4.69) is 28.9 Å². The number of rotatable bonds is 10. The predicted octanol–water partition coefficient (Wildman–Crippen LogP) is 3.94. The van der Waals surface area contributed by atoms with Crippen molar-refractivity contribution in [1.82, 2.24) is 15.0 Å². The van der Waals surface area contributed by atoms with E-state index in [9.17, 15) is 18.3 Å². The number of benzene rings is 2. The SMILES string of the molecule is CC(C)c1ccc(S(=O)(=O)NCCCCCNC(=O)c2cc(O)c3cccnc3c2)cc1. The number of nitrogens with one attached hydrogen (secondary N) is 2. The first-order valence-corrected chi connectivity index (χ1v) is 12.2. The van der Waals surface area contributed by atoms with Gasteiger partial charge < -0.3 is 10.4 Å². The molecule has 3 rings (SSSR count). The van der Waals surface area contributed by atoms with Crippen molar-refractivity contribution in [2.24, 2.45) is 0 Å². The molecule has 170 valence electrons. The van der Waals surface area contributed by atoms with Crippen molar-refractivity contribution in [3.05, 3.63) is 65.9 Å². The normalized spacial score (nSPS) is 11.7. The van der Waals surface area contributed by atoms with Crippen molar-refractivity contribution in [3.63, 3.8) is 0 Å². The number of carbonyl (C=O) groups is 1. The minimum absolute atomic E-state index is 0.0203. The summed E-state index contributed by atoms with van der Waals surface area (Å²) in [5.41, 5.74) is 2.01. The van der Waals surface area contributed by atoms with E-state index in [0.29, 0.717) is 48.3 Å². The van der Waals surface area contributed by atoms with Crippen LogP contribution in [-0.4, -0.2) is 37.5 Å². The van der Waals surface area contributed by atoms with Crippen LogP contribution in [0.4, 0.5) is 0 Å². The summed E-state index contributed by atoms with van der Waals surface area (Å²) in [5.74, 6) is 0.0917. The lowest BCUT2D eigenvalue weighted by atomic mass is 10.0. The van der Waals surface area contributed by atoms with Crippen LogP contribution in [0.15, 0.2) is 59.6 Å². The van der Waals surface area contributed by atoms with Gasteiger partial charge in [0.05, 0.1) is 10.4 Å². The first-order chi connectivity index (χ1) is 15.3. The lowest BCUT2D eigenvalue weighted by molar-refractivity contribution is 0.0952. The second-order valence-corrected chi connectivity index (χ2v) is 9.77. The predicted molar refractivity (Wildman–Crippen MR) is 125 cm³/mol. The molecule has 1 amide bonds. The Morgan fingerprint density at radius 3 is 2.47 bits per heavy atom. The molecule has 0 unspecified atom stereocenters. The van der Waals surface area contributed by atoms with Crippen LogP contribution in [0.1, 0.15) is 54.9 Å². The summed E-state index contributed by atoms with van der Waals surface area (Å²) < 4.78 is 27.4. The van der Waals surface area contributed by atoms with Crippen LogP contribution in [0.25, 0.3) is 10.9 Å². The number of aromatic nitrogens is 1. The highest BCUT2D eigenvalue weighted by atomic mass is 32.2. The van der Waals surface area contributed by atoms with E-state index in [4.69, 9.17) is 0 Å². The summed E-state index contributed by atoms with van der Waals surface area (Å²) in [6.07, 6.45) is 3.76. The summed E-state index contributed by atoms with van der Waals surface area (Å²) in [5, 5.41) is 13.5. The maximum atomic E-state index is 12.4. The second-order valence-electron chi connectivity index (χ2n) is 8.00. The number of nitrogens with zero attached hydrogens (tertiary/aromatic N) is 1. The Morgan fingerprint density at radius 1 is 1.03 bits per heavy atom. The molecule has 0 saturated carbocycles. The number of hydrogen-bond acceptors (Lipinski definition) is 5. The Bertz CT molecular complexity index is 1180. The number of unbranched alkanes of at least 4 members (excludes halogenated alkanes) is 2. The Hall–Kier alpha value is -2.97. The highest BCUT2D eigenvalue weighted by Crippen LogP contribution is 2.24. The molecule has 0 atom stereocenters. The van der Waals surface area contributed by atoms with E-state index < -0.39 is 10.0 Å². The fourth-order valence-corrected chi connectivity index (χ4v) is 4.42. The summed E-state index contributed by atoms with van der Waals surface area (Å²) in [4.78, 5) is 16.8. The molecule has 0 saturated heterocycles. The van der Waals surface area contributed by atoms with Crippen LogP contribution < -0.4 is 10.0 Å². The van der Waals surface area contributed by atoms with Gasteiger partial charge in [0.25, 0.3) is 5.91 Å². The van der Waals surface area contributed by atoms with Gasteiger partial charge >= 0.3 is 0 Å². The topological polar surface area (TPSA) is 108 Å². The van der Waals surface area contributed by atoms with Crippen molar-refractivity contribution < 1.29 is 18.3 Å². The lowest BCUT2D eigenvalue weighted by Crippen LogP contribution is -2.26. The zero-order valence-corrected chi connectivity index (χ0v) is 19.2. The highest BCUT2D eigenvalue weighted by molar-refractivity contribution is 7.89. The maximum Gasteiger partial charge on any atom is 0.251 e. The lowest BCUT2D eigenvalue weighted by Gasteiger charge is -2.10. The average Bonchev–Trinajstić information content (AvgIpc) is 2.78. The zero-order valence-electron chi connectivity index (χ0n) is 18.3. The average molecular weight is 456 g/mol. The van der Waals surface area contributed by atoms with E-state index in [0.717, 1.165) is 12.0 Å². The minimum atomic E-state index is -3.52. The van der Waals surface area contributed by atoms with E-state index in [-0.39, 0.29) is 16.6 Å². The molecule has 0 bridgehead atoms. The molecule has 0 fully saturated rings. The molecule has 0 aliphatic rings. The summed E-state index contributed by atoms with van der Waals surface area (Å²) in [7, 11) is -3.52. The molecule has 0 radical (unpaired) electrons. The van der Waals surface area contributed by atoms with Gasteiger partial charge in [0.15, 0.2) is 0 Å². The number of phenols is 1. The molecular weight excluding hydrogens is 426 g/mol. The van der Waals surface area contributed by atoms with Gasteiger partial charge in [-0.1, -0.05) is 32.4 Å². The first-order valence-electron chi connectivity index (χ1n) is 10.7. The van der Waals surface area contributed by atoms with Crippen molar-refractivity contribution in [2.45, 2.75) is 43.9 Å². The quantitative estimate of drug-likeness (QED) is 0.401. The molecule has 3 aromatic rings. The molecule has 1 aromatic heterocycles. The number of carbonyl (C=O) groups excluding carboxylic acids is 1. The van der Waals surface area contributed by atoms with Gasteiger partial charge in [0, 0.05) is 30.2 Å². The van der Waals surface area contributed by atoms with Crippen LogP contribution in [0.2, 0.25) is 0 Å². The maximum absolute atomic E-state index is 12.4. The zero-order chi connectivity index (χ0) is 23.1. The number of hydrogen-bond donors (Lipinski definition) is 3. The van der Waals surface area contributed by atoms with Gasteiger partial charge in [-0.2, -0.15) is 0 Å². The number of sulfonamides is 1. The van der Waals surface area contributed by atoms with Gasteiger partial charge in [-0.25, -0.2) is 13.1 Å². The molecule has 7 nitrogen and oxygen atoms in total. The first kappa shape index (κ1) is 23.7. The third-order valence-corrected chi connectivity index (χ3v) is 6.73. The molecule has 1 heterocycles. The van der Waals surface area contributed by atoms with Gasteiger partial charge in [-0.15, -0.1) is 0 Å². The van der Waals surface area contributed by atoms with Crippen LogP contribution in [0.3, 0.4) is 0 Å². The van der Waals surface area contributed by atoms with Gasteiger partial charge in [-0.05, 0) is 60.7 Å².